The minimum Gasteiger partial charge on any atom is -0.322 e. The Balaban J connectivity index is 1.80. The Morgan fingerprint density at radius 1 is 1.30 bits per heavy atom. The average Bonchev–Trinajstić information content (AvgIpc) is 2.88. The van der Waals surface area contributed by atoms with Crippen molar-refractivity contribution in [2.75, 3.05) is 5.32 Å². The molecule has 6 heteroatoms. The molecule has 0 spiro atoms. The molecule has 1 amide bonds. The van der Waals surface area contributed by atoms with Gasteiger partial charge in [0, 0.05) is 18.0 Å². The summed E-state index contributed by atoms with van der Waals surface area (Å²) in [6, 6.07) is 14.3. The molecular formula is C17H11ClN4O. The average molecular weight is 323 g/mol. The molecule has 0 aliphatic heterocycles. The number of carbonyl (C=O) groups excluding carboxylic acids is 1. The van der Waals surface area contributed by atoms with Crippen LogP contribution in [0.1, 0.15) is 11.3 Å². The molecule has 1 aromatic carbocycles. The van der Waals surface area contributed by atoms with Crippen LogP contribution in [0, 0.1) is 11.3 Å². The van der Waals surface area contributed by atoms with Gasteiger partial charge in [0.1, 0.15) is 5.65 Å². The quantitative estimate of drug-likeness (QED) is 0.750. The molecule has 0 aliphatic carbocycles. The van der Waals surface area contributed by atoms with Gasteiger partial charge in [0.2, 0.25) is 5.91 Å². The number of imidazole rings is 1. The van der Waals surface area contributed by atoms with Crippen molar-refractivity contribution in [3.05, 3.63) is 71.1 Å². The van der Waals surface area contributed by atoms with Crippen molar-refractivity contribution in [3.63, 3.8) is 0 Å². The second-order valence-corrected chi connectivity index (χ2v) is 5.09. The van der Waals surface area contributed by atoms with Gasteiger partial charge in [-0.3, -0.25) is 9.20 Å². The normalized spacial score (nSPS) is 10.8. The first-order valence-electron chi connectivity index (χ1n) is 6.79. The summed E-state index contributed by atoms with van der Waals surface area (Å²) < 4.78 is 1.79. The van der Waals surface area contributed by atoms with Gasteiger partial charge in [-0.1, -0.05) is 23.7 Å². The van der Waals surface area contributed by atoms with E-state index in [1.165, 1.54) is 6.08 Å². The highest BCUT2D eigenvalue weighted by Gasteiger charge is 2.07. The highest BCUT2D eigenvalue weighted by atomic mass is 35.5. The van der Waals surface area contributed by atoms with Gasteiger partial charge >= 0.3 is 0 Å². The number of anilines is 1. The molecule has 2 heterocycles. The third-order valence-electron chi connectivity index (χ3n) is 3.17. The van der Waals surface area contributed by atoms with E-state index in [-0.39, 0.29) is 5.91 Å². The van der Waals surface area contributed by atoms with Crippen LogP contribution in [-0.4, -0.2) is 15.3 Å². The minimum atomic E-state index is -0.318. The number of nitrogens with one attached hydrogen (secondary N) is 1. The Hall–Kier alpha value is -3.10. The van der Waals surface area contributed by atoms with E-state index in [1.807, 2.05) is 30.5 Å². The molecule has 112 valence electrons. The number of amides is 1. The summed E-state index contributed by atoms with van der Waals surface area (Å²) in [7, 11) is 0. The summed E-state index contributed by atoms with van der Waals surface area (Å²) in [5.74, 6) is -0.318. The number of nitrogens with zero attached hydrogens (tertiary/aromatic N) is 3. The van der Waals surface area contributed by atoms with E-state index in [1.54, 1.807) is 34.7 Å². The Bertz CT molecular complexity index is 953. The number of halogens is 1. The SMILES string of the molecule is N#Cc1cccc(NC(=O)C=Cc2c(Cl)nc3ccccn23)c1. The van der Waals surface area contributed by atoms with Crippen molar-refractivity contribution in [2.24, 2.45) is 0 Å². The molecular weight excluding hydrogens is 312 g/mol. The smallest absolute Gasteiger partial charge is 0.248 e. The van der Waals surface area contributed by atoms with Gasteiger partial charge in [0.25, 0.3) is 0 Å². The first kappa shape index (κ1) is 14.8. The molecule has 3 rings (SSSR count). The van der Waals surface area contributed by atoms with Gasteiger partial charge in [0.15, 0.2) is 5.15 Å². The van der Waals surface area contributed by atoms with Gasteiger partial charge in [0.05, 0.1) is 17.3 Å². The van der Waals surface area contributed by atoms with E-state index in [0.717, 1.165) is 0 Å². The molecule has 0 atom stereocenters. The van der Waals surface area contributed by atoms with Crippen molar-refractivity contribution in [1.29, 1.82) is 5.26 Å². The first-order chi connectivity index (χ1) is 11.2. The maximum Gasteiger partial charge on any atom is 0.248 e. The number of carbonyl (C=O) groups is 1. The highest BCUT2D eigenvalue weighted by molar-refractivity contribution is 6.31. The van der Waals surface area contributed by atoms with Crippen LogP contribution in [0.3, 0.4) is 0 Å². The third kappa shape index (κ3) is 3.23. The molecule has 3 aromatic rings. The summed E-state index contributed by atoms with van der Waals surface area (Å²) in [6.07, 6.45) is 4.80. The second kappa shape index (κ2) is 6.34. The fourth-order valence-corrected chi connectivity index (χ4v) is 2.38. The molecule has 5 nitrogen and oxygen atoms in total. The van der Waals surface area contributed by atoms with Gasteiger partial charge < -0.3 is 5.32 Å². The van der Waals surface area contributed by atoms with E-state index >= 15 is 0 Å². The van der Waals surface area contributed by atoms with Crippen molar-refractivity contribution < 1.29 is 4.79 Å². The van der Waals surface area contributed by atoms with Gasteiger partial charge in [-0.05, 0) is 36.4 Å². The Morgan fingerprint density at radius 2 is 2.17 bits per heavy atom. The fraction of sp³-hybridized carbons (Fsp3) is 0. The van der Waals surface area contributed by atoms with Crippen LogP contribution in [0.15, 0.2) is 54.7 Å². The maximum absolute atomic E-state index is 12.0. The zero-order valence-corrected chi connectivity index (χ0v) is 12.7. The van der Waals surface area contributed by atoms with E-state index in [2.05, 4.69) is 10.3 Å². The number of rotatable bonds is 3. The fourth-order valence-electron chi connectivity index (χ4n) is 2.14. The highest BCUT2D eigenvalue weighted by Crippen LogP contribution is 2.19. The topological polar surface area (TPSA) is 70.2 Å². The minimum absolute atomic E-state index is 0.318. The van der Waals surface area contributed by atoms with Crippen LogP contribution in [0.5, 0.6) is 0 Å². The number of benzene rings is 1. The lowest BCUT2D eigenvalue weighted by atomic mass is 10.2. The van der Waals surface area contributed by atoms with Gasteiger partial charge in [-0.15, -0.1) is 0 Å². The van der Waals surface area contributed by atoms with Gasteiger partial charge in [-0.2, -0.15) is 5.26 Å². The molecule has 0 saturated heterocycles. The van der Waals surface area contributed by atoms with Gasteiger partial charge in [-0.25, -0.2) is 4.98 Å². The number of fused-ring (bicyclic) bond motifs is 1. The number of hydrogen-bond acceptors (Lipinski definition) is 3. The Labute approximate surface area is 137 Å². The van der Waals surface area contributed by atoms with Crippen molar-refractivity contribution in [2.45, 2.75) is 0 Å². The van der Waals surface area contributed by atoms with E-state index in [4.69, 9.17) is 16.9 Å². The molecule has 0 unspecified atom stereocenters. The number of aromatic nitrogens is 2. The molecule has 23 heavy (non-hydrogen) atoms. The van der Waals surface area contributed by atoms with Crippen LogP contribution < -0.4 is 5.32 Å². The lowest BCUT2D eigenvalue weighted by Gasteiger charge is -2.02. The summed E-state index contributed by atoms with van der Waals surface area (Å²) in [5.41, 5.74) is 2.38. The Morgan fingerprint density at radius 3 is 3.00 bits per heavy atom. The first-order valence-corrected chi connectivity index (χ1v) is 7.17. The zero-order chi connectivity index (χ0) is 16.2. The lowest BCUT2D eigenvalue weighted by molar-refractivity contribution is -0.111. The van der Waals surface area contributed by atoms with E-state index < -0.39 is 0 Å². The van der Waals surface area contributed by atoms with Crippen LogP contribution in [0.2, 0.25) is 5.15 Å². The van der Waals surface area contributed by atoms with Crippen LogP contribution in [0.4, 0.5) is 5.69 Å². The third-order valence-corrected chi connectivity index (χ3v) is 3.45. The van der Waals surface area contributed by atoms with E-state index in [9.17, 15) is 4.79 Å². The van der Waals surface area contributed by atoms with Crippen LogP contribution in [-0.2, 0) is 4.79 Å². The molecule has 0 bridgehead atoms. The molecule has 0 saturated carbocycles. The van der Waals surface area contributed by atoms with Crippen molar-refractivity contribution >= 4 is 34.9 Å². The predicted octanol–water partition coefficient (Wildman–Crippen LogP) is 3.51. The molecule has 0 radical (unpaired) electrons. The van der Waals surface area contributed by atoms with Crippen LogP contribution >= 0.6 is 11.6 Å². The largest absolute Gasteiger partial charge is 0.322 e. The monoisotopic (exact) mass is 322 g/mol. The molecule has 2 aromatic heterocycles. The second-order valence-electron chi connectivity index (χ2n) is 4.73. The lowest BCUT2D eigenvalue weighted by Crippen LogP contribution is -2.07. The number of nitriles is 1. The summed E-state index contributed by atoms with van der Waals surface area (Å²) in [5, 5.41) is 11.9. The molecule has 0 aliphatic rings. The van der Waals surface area contributed by atoms with Crippen molar-refractivity contribution in [1.82, 2.24) is 9.38 Å². The summed E-state index contributed by atoms with van der Waals surface area (Å²) in [6.45, 7) is 0. The molecule has 1 N–H and O–H groups in total. The molecule has 0 fully saturated rings. The predicted molar refractivity (Wildman–Crippen MR) is 89.0 cm³/mol. The summed E-state index contributed by atoms with van der Waals surface area (Å²) >= 11 is 6.10. The Kier molecular flexibility index (Phi) is 4.09. The standard InChI is InChI=1S/C17H11ClN4O/c18-17-14(22-9-2-1-6-15(22)21-17)7-8-16(23)20-13-5-3-4-12(10-13)11-19/h1-10H,(H,20,23). The zero-order valence-electron chi connectivity index (χ0n) is 11.9. The van der Waals surface area contributed by atoms with Crippen LogP contribution in [0.25, 0.3) is 11.7 Å². The van der Waals surface area contributed by atoms with E-state index in [0.29, 0.717) is 27.7 Å². The maximum atomic E-state index is 12.0. The number of hydrogen-bond donors (Lipinski definition) is 1. The van der Waals surface area contributed by atoms with Crippen molar-refractivity contribution in [3.8, 4) is 6.07 Å². The summed E-state index contributed by atoms with van der Waals surface area (Å²) in [4.78, 5) is 16.2. The number of pyridine rings is 1.